The number of nitrogens with one attached hydrogen (secondary N) is 1. The van der Waals surface area contributed by atoms with E-state index in [9.17, 15) is 4.79 Å². The summed E-state index contributed by atoms with van der Waals surface area (Å²) in [5.41, 5.74) is 2.84. The SMILES string of the molecule is CCn1nc(C)cc1NC(=O)C(c1ccccc1)c1ccccc1. The Kier molecular flexibility index (Phi) is 4.75. The molecular weight excluding hydrogens is 298 g/mol. The lowest BCUT2D eigenvalue weighted by Gasteiger charge is -2.18. The van der Waals surface area contributed by atoms with Crippen molar-refractivity contribution in [3.8, 4) is 0 Å². The van der Waals surface area contributed by atoms with Crippen molar-refractivity contribution in [2.75, 3.05) is 5.32 Å². The fourth-order valence-electron chi connectivity index (χ4n) is 2.87. The second-order valence-electron chi connectivity index (χ2n) is 5.73. The van der Waals surface area contributed by atoms with E-state index in [2.05, 4.69) is 10.4 Å². The van der Waals surface area contributed by atoms with Crippen LogP contribution in [-0.4, -0.2) is 15.7 Å². The summed E-state index contributed by atoms with van der Waals surface area (Å²) in [5.74, 6) is 0.326. The first-order valence-electron chi connectivity index (χ1n) is 8.14. The van der Waals surface area contributed by atoms with Crippen molar-refractivity contribution >= 4 is 11.7 Å². The molecule has 0 spiro atoms. The molecule has 0 bridgehead atoms. The van der Waals surface area contributed by atoms with Gasteiger partial charge in [0.25, 0.3) is 0 Å². The number of hydrogen-bond acceptors (Lipinski definition) is 2. The van der Waals surface area contributed by atoms with Crippen LogP contribution >= 0.6 is 0 Å². The molecule has 0 saturated heterocycles. The molecule has 0 saturated carbocycles. The van der Waals surface area contributed by atoms with Crippen molar-refractivity contribution in [2.45, 2.75) is 26.3 Å². The molecule has 3 rings (SSSR count). The third kappa shape index (κ3) is 3.38. The number of nitrogens with zero attached hydrogens (tertiary/aromatic N) is 2. The van der Waals surface area contributed by atoms with Gasteiger partial charge in [0.1, 0.15) is 5.82 Å². The zero-order chi connectivity index (χ0) is 16.9. The van der Waals surface area contributed by atoms with E-state index in [1.165, 1.54) is 0 Å². The molecule has 0 aliphatic carbocycles. The van der Waals surface area contributed by atoms with Gasteiger partial charge in [-0.05, 0) is 25.0 Å². The summed E-state index contributed by atoms with van der Waals surface area (Å²) in [6.07, 6.45) is 0. The Balaban J connectivity index is 1.95. The molecule has 1 N–H and O–H groups in total. The number of amides is 1. The van der Waals surface area contributed by atoms with Gasteiger partial charge in [-0.3, -0.25) is 4.79 Å². The van der Waals surface area contributed by atoms with Gasteiger partial charge in [0.2, 0.25) is 5.91 Å². The highest BCUT2D eigenvalue weighted by molar-refractivity contribution is 5.97. The molecular formula is C20H21N3O. The Morgan fingerprint density at radius 1 is 1.04 bits per heavy atom. The molecule has 2 aromatic carbocycles. The van der Waals surface area contributed by atoms with Gasteiger partial charge in [0.15, 0.2) is 0 Å². The summed E-state index contributed by atoms with van der Waals surface area (Å²) in [4.78, 5) is 13.0. The molecule has 122 valence electrons. The molecule has 3 aromatic rings. The molecule has 0 atom stereocenters. The van der Waals surface area contributed by atoms with Crippen molar-refractivity contribution in [1.82, 2.24) is 9.78 Å². The van der Waals surface area contributed by atoms with E-state index in [-0.39, 0.29) is 11.8 Å². The highest BCUT2D eigenvalue weighted by Crippen LogP contribution is 2.26. The molecule has 0 radical (unpaired) electrons. The second-order valence-corrected chi connectivity index (χ2v) is 5.73. The number of rotatable bonds is 5. The van der Waals surface area contributed by atoms with E-state index in [4.69, 9.17) is 0 Å². The van der Waals surface area contributed by atoms with E-state index in [1.54, 1.807) is 4.68 Å². The van der Waals surface area contributed by atoms with Gasteiger partial charge in [0, 0.05) is 12.6 Å². The van der Waals surface area contributed by atoms with Crippen molar-refractivity contribution in [1.29, 1.82) is 0 Å². The quantitative estimate of drug-likeness (QED) is 0.773. The summed E-state index contributed by atoms with van der Waals surface area (Å²) < 4.78 is 1.81. The van der Waals surface area contributed by atoms with Gasteiger partial charge in [-0.1, -0.05) is 60.7 Å². The lowest BCUT2D eigenvalue weighted by atomic mass is 9.90. The number of carbonyl (C=O) groups is 1. The first-order valence-corrected chi connectivity index (χ1v) is 8.14. The number of benzene rings is 2. The molecule has 4 heteroatoms. The number of aromatic nitrogens is 2. The standard InChI is InChI=1S/C20H21N3O/c1-3-23-18(14-15(2)22-23)21-20(24)19(16-10-6-4-7-11-16)17-12-8-5-9-13-17/h4-14,19H,3H2,1-2H3,(H,21,24). The Morgan fingerprint density at radius 2 is 1.58 bits per heavy atom. The van der Waals surface area contributed by atoms with Gasteiger partial charge >= 0.3 is 0 Å². The molecule has 0 aliphatic heterocycles. The summed E-state index contributed by atoms with van der Waals surface area (Å²) in [7, 11) is 0. The van der Waals surface area contributed by atoms with Crippen LogP contribution in [0.1, 0.15) is 29.7 Å². The Hall–Kier alpha value is -2.88. The third-order valence-corrected chi connectivity index (χ3v) is 3.98. The zero-order valence-corrected chi connectivity index (χ0v) is 13.9. The van der Waals surface area contributed by atoms with Crippen LogP contribution in [0, 0.1) is 6.92 Å². The highest BCUT2D eigenvalue weighted by Gasteiger charge is 2.23. The van der Waals surface area contributed by atoms with Crippen LogP contribution in [0.3, 0.4) is 0 Å². The smallest absolute Gasteiger partial charge is 0.237 e. The lowest BCUT2D eigenvalue weighted by Crippen LogP contribution is -2.23. The predicted molar refractivity (Wildman–Crippen MR) is 96.0 cm³/mol. The van der Waals surface area contributed by atoms with Gasteiger partial charge < -0.3 is 5.32 Å². The first-order chi connectivity index (χ1) is 11.7. The van der Waals surface area contributed by atoms with Gasteiger partial charge in [0.05, 0.1) is 11.6 Å². The van der Waals surface area contributed by atoms with Crippen LogP contribution in [0.25, 0.3) is 0 Å². The van der Waals surface area contributed by atoms with Crippen LogP contribution in [0.5, 0.6) is 0 Å². The van der Waals surface area contributed by atoms with Crippen molar-refractivity contribution in [3.63, 3.8) is 0 Å². The van der Waals surface area contributed by atoms with Crippen molar-refractivity contribution in [2.24, 2.45) is 0 Å². The van der Waals surface area contributed by atoms with Crippen LogP contribution in [0.15, 0.2) is 66.7 Å². The largest absolute Gasteiger partial charge is 0.310 e. The van der Waals surface area contributed by atoms with Crippen molar-refractivity contribution in [3.05, 3.63) is 83.6 Å². The molecule has 0 fully saturated rings. The van der Waals surface area contributed by atoms with Crippen LogP contribution in [0.2, 0.25) is 0 Å². The maximum absolute atomic E-state index is 13.0. The van der Waals surface area contributed by atoms with Crippen LogP contribution < -0.4 is 5.32 Å². The summed E-state index contributed by atoms with van der Waals surface area (Å²) in [6.45, 7) is 4.65. The average Bonchev–Trinajstić information content (AvgIpc) is 2.96. The normalized spacial score (nSPS) is 10.8. The predicted octanol–water partition coefficient (Wildman–Crippen LogP) is 3.98. The molecule has 0 unspecified atom stereocenters. The molecule has 0 aliphatic rings. The monoisotopic (exact) mass is 319 g/mol. The van der Waals surface area contributed by atoms with Crippen LogP contribution in [0.4, 0.5) is 5.82 Å². The molecule has 4 nitrogen and oxygen atoms in total. The fraction of sp³-hybridized carbons (Fsp3) is 0.200. The fourth-order valence-corrected chi connectivity index (χ4v) is 2.87. The number of aryl methyl sites for hydroxylation is 2. The third-order valence-electron chi connectivity index (χ3n) is 3.98. The number of hydrogen-bond donors (Lipinski definition) is 1. The number of anilines is 1. The van der Waals surface area contributed by atoms with E-state index < -0.39 is 0 Å². The minimum absolute atomic E-state index is 0.0537. The molecule has 1 amide bonds. The Morgan fingerprint density at radius 3 is 2.08 bits per heavy atom. The zero-order valence-electron chi connectivity index (χ0n) is 13.9. The van der Waals surface area contributed by atoms with Gasteiger partial charge in [-0.25, -0.2) is 4.68 Å². The number of carbonyl (C=O) groups excluding carboxylic acids is 1. The highest BCUT2D eigenvalue weighted by atomic mass is 16.2. The topological polar surface area (TPSA) is 46.9 Å². The Labute approximate surface area is 142 Å². The lowest BCUT2D eigenvalue weighted by molar-refractivity contribution is -0.116. The first kappa shape index (κ1) is 16.0. The van der Waals surface area contributed by atoms with Crippen molar-refractivity contribution < 1.29 is 4.79 Å². The van der Waals surface area contributed by atoms with E-state index in [1.807, 2.05) is 80.6 Å². The van der Waals surface area contributed by atoms with Gasteiger partial charge in [-0.15, -0.1) is 0 Å². The van der Waals surface area contributed by atoms with E-state index >= 15 is 0 Å². The molecule has 1 heterocycles. The maximum Gasteiger partial charge on any atom is 0.237 e. The van der Waals surface area contributed by atoms with Crippen LogP contribution in [-0.2, 0) is 11.3 Å². The van der Waals surface area contributed by atoms with E-state index in [0.717, 1.165) is 22.6 Å². The minimum Gasteiger partial charge on any atom is -0.310 e. The summed E-state index contributed by atoms with van der Waals surface area (Å²) >= 11 is 0. The van der Waals surface area contributed by atoms with Gasteiger partial charge in [-0.2, -0.15) is 5.10 Å². The summed E-state index contributed by atoms with van der Waals surface area (Å²) in [5, 5.41) is 7.43. The molecule has 1 aromatic heterocycles. The minimum atomic E-state index is -0.354. The molecule has 24 heavy (non-hydrogen) atoms. The Bertz CT molecular complexity index is 770. The summed E-state index contributed by atoms with van der Waals surface area (Å²) in [6, 6.07) is 21.6. The second kappa shape index (κ2) is 7.13. The average molecular weight is 319 g/mol. The maximum atomic E-state index is 13.0. The van der Waals surface area contributed by atoms with E-state index in [0.29, 0.717) is 6.54 Å².